The average molecular weight is 245 g/mol. The number of nitrogens with zero attached hydrogens (tertiary/aromatic N) is 3. The lowest BCUT2D eigenvalue weighted by atomic mass is 10.1. The van der Waals surface area contributed by atoms with Gasteiger partial charge in [0, 0.05) is 11.7 Å². The first-order chi connectivity index (χ1) is 8.47. The fourth-order valence-electron chi connectivity index (χ4n) is 2.17. The monoisotopic (exact) mass is 245 g/mol. The highest BCUT2D eigenvalue weighted by molar-refractivity contribution is 5.78. The maximum Gasteiger partial charge on any atom is 0.272 e. The smallest absolute Gasteiger partial charge is 0.272 e. The van der Waals surface area contributed by atoms with Crippen LogP contribution in [0.4, 0.5) is 0 Å². The van der Waals surface area contributed by atoms with Crippen molar-refractivity contribution in [2.45, 2.75) is 47.1 Å². The second-order valence-corrected chi connectivity index (χ2v) is 4.83. The van der Waals surface area contributed by atoms with Gasteiger partial charge in [0.2, 0.25) is 0 Å². The largest absolute Gasteiger partial charge is 0.302 e. The second-order valence-electron chi connectivity index (χ2n) is 4.83. The average Bonchev–Trinajstić information content (AvgIpc) is 2.35. The van der Waals surface area contributed by atoms with Crippen LogP contribution in [0.15, 0.2) is 11.0 Å². The number of rotatable bonds is 2. The summed E-state index contributed by atoms with van der Waals surface area (Å²) in [6.45, 7) is 9.87. The van der Waals surface area contributed by atoms with Crippen LogP contribution in [0.1, 0.15) is 43.3 Å². The summed E-state index contributed by atoms with van der Waals surface area (Å²) >= 11 is 0. The van der Waals surface area contributed by atoms with Crippen LogP contribution >= 0.6 is 0 Å². The van der Waals surface area contributed by atoms with Crippen LogP contribution in [0.2, 0.25) is 0 Å². The molecule has 4 nitrogen and oxygen atoms in total. The molecule has 1 unspecified atom stereocenters. The van der Waals surface area contributed by atoms with Crippen LogP contribution in [0.25, 0.3) is 11.0 Å². The van der Waals surface area contributed by atoms with Gasteiger partial charge in [-0.3, -0.25) is 9.78 Å². The lowest BCUT2D eigenvalue weighted by Crippen LogP contribution is -2.27. The van der Waals surface area contributed by atoms with Crippen LogP contribution in [-0.2, 0) is 0 Å². The van der Waals surface area contributed by atoms with Gasteiger partial charge in [-0.2, -0.15) is 0 Å². The zero-order valence-corrected chi connectivity index (χ0v) is 11.6. The van der Waals surface area contributed by atoms with Crippen molar-refractivity contribution in [1.29, 1.82) is 0 Å². The van der Waals surface area contributed by atoms with Crippen molar-refractivity contribution in [2.24, 2.45) is 0 Å². The lowest BCUT2D eigenvalue weighted by molar-refractivity contribution is 0.526. The number of hydrogen-bond donors (Lipinski definition) is 0. The molecule has 0 spiro atoms. The van der Waals surface area contributed by atoms with Crippen molar-refractivity contribution in [1.82, 2.24) is 14.5 Å². The van der Waals surface area contributed by atoms with E-state index in [1.165, 1.54) is 0 Å². The summed E-state index contributed by atoms with van der Waals surface area (Å²) in [5.74, 6) is 0. The first kappa shape index (κ1) is 12.7. The Hall–Kier alpha value is -1.71. The molecular weight excluding hydrogens is 226 g/mol. The number of pyridine rings is 1. The van der Waals surface area contributed by atoms with E-state index < -0.39 is 0 Å². The second kappa shape index (κ2) is 4.52. The molecule has 0 aliphatic rings. The van der Waals surface area contributed by atoms with Crippen molar-refractivity contribution in [3.05, 3.63) is 33.5 Å². The SMILES string of the molecule is CCC(C)n1c(=O)c(C)nc2cnc(C)c(C)c21. The lowest BCUT2D eigenvalue weighted by Gasteiger charge is -2.18. The van der Waals surface area contributed by atoms with Gasteiger partial charge < -0.3 is 4.57 Å². The van der Waals surface area contributed by atoms with Gasteiger partial charge in [-0.25, -0.2) is 4.98 Å². The third kappa shape index (κ3) is 1.82. The van der Waals surface area contributed by atoms with Gasteiger partial charge in [0.05, 0.1) is 11.7 Å². The molecular formula is C14H19N3O. The number of hydrogen-bond acceptors (Lipinski definition) is 3. The predicted octanol–water partition coefficient (Wildman–Crippen LogP) is 2.69. The zero-order valence-electron chi connectivity index (χ0n) is 11.6. The number of aromatic nitrogens is 3. The van der Waals surface area contributed by atoms with Gasteiger partial charge in [0.25, 0.3) is 5.56 Å². The topological polar surface area (TPSA) is 47.8 Å². The van der Waals surface area contributed by atoms with Crippen LogP contribution in [0, 0.1) is 20.8 Å². The third-order valence-corrected chi connectivity index (χ3v) is 3.61. The normalized spacial score (nSPS) is 12.9. The van der Waals surface area contributed by atoms with Crippen molar-refractivity contribution in [3.63, 3.8) is 0 Å². The molecule has 0 saturated carbocycles. The van der Waals surface area contributed by atoms with Crippen molar-refractivity contribution in [2.75, 3.05) is 0 Å². The fourth-order valence-corrected chi connectivity index (χ4v) is 2.17. The molecule has 1 atom stereocenters. The van der Waals surface area contributed by atoms with E-state index >= 15 is 0 Å². The zero-order chi connectivity index (χ0) is 13.4. The van der Waals surface area contributed by atoms with Crippen molar-refractivity contribution in [3.8, 4) is 0 Å². The van der Waals surface area contributed by atoms with E-state index in [0.717, 1.165) is 28.7 Å². The summed E-state index contributed by atoms with van der Waals surface area (Å²) in [7, 11) is 0. The van der Waals surface area contributed by atoms with E-state index in [0.29, 0.717) is 5.69 Å². The molecule has 4 heteroatoms. The molecule has 96 valence electrons. The molecule has 2 aromatic rings. The summed E-state index contributed by atoms with van der Waals surface area (Å²) in [5, 5.41) is 0. The standard InChI is InChI=1S/C14H19N3O/c1-6-8(2)17-13-9(3)10(4)15-7-12(13)16-11(5)14(17)18/h7-8H,6H2,1-5H3. The quantitative estimate of drug-likeness (QED) is 0.817. The Labute approximate surface area is 107 Å². The minimum absolute atomic E-state index is 0.00514. The Kier molecular flexibility index (Phi) is 3.20. The Morgan fingerprint density at radius 3 is 2.56 bits per heavy atom. The van der Waals surface area contributed by atoms with E-state index in [-0.39, 0.29) is 11.6 Å². The minimum Gasteiger partial charge on any atom is -0.302 e. The minimum atomic E-state index is 0.00514. The highest BCUT2D eigenvalue weighted by atomic mass is 16.1. The van der Waals surface area contributed by atoms with Crippen molar-refractivity contribution < 1.29 is 0 Å². The third-order valence-electron chi connectivity index (χ3n) is 3.61. The van der Waals surface area contributed by atoms with E-state index in [4.69, 9.17) is 0 Å². The molecule has 0 amide bonds. The highest BCUT2D eigenvalue weighted by Crippen LogP contribution is 2.21. The molecule has 0 aliphatic heterocycles. The van der Waals surface area contributed by atoms with Gasteiger partial charge in [-0.1, -0.05) is 6.92 Å². The highest BCUT2D eigenvalue weighted by Gasteiger charge is 2.15. The van der Waals surface area contributed by atoms with Crippen molar-refractivity contribution >= 4 is 11.0 Å². The van der Waals surface area contributed by atoms with Crippen LogP contribution in [0.5, 0.6) is 0 Å². The predicted molar refractivity (Wildman–Crippen MR) is 73.0 cm³/mol. The van der Waals surface area contributed by atoms with Gasteiger partial charge >= 0.3 is 0 Å². The molecule has 0 aliphatic carbocycles. The van der Waals surface area contributed by atoms with E-state index in [9.17, 15) is 4.79 Å². The molecule has 0 fully saturated rings. The fraction of sp³-hybridized carbons (Fsp3) is 0.500. The maximum atomic E-state index is 12.3. The van der Waals surface area contributed by atoms with Crippen LogP contribution in [0.3, 0.4) is 0 Å². The van der Waals surface area contributed by atoms with Gasteiger partial charge in [-0.15, -0.1) is 0 Å². The first-order valence-corrected chi connectivity index (χ1v) is 6.32. The van der Waals surface area contributed by atoms with E-state index in [1.54, 1.807) is 13.1 Å². The first-order valence-electron chi connectivity index (χ1n) is 6.32. The molecule has 2 aromatic heterocycles. The summed E-state index contributed by atoms with van der Waals surface area (Å²) in [4.78, 5) is 21.0. The molecule has 0 aromatic carbocycles. The molecule has 18 heavy (non-hydrogen) atoms. The molecule has 0 N–H and O–H groups in total. The van der Waals surface area contributed by atoms with Gasteiger partial charge in [0.1, 0.15) is 11.2 Å². The molecule has 0 bridgehead atoms. The summed E-state index contributed by atoms with van der Waals surface area (Å²) in [6, 6.07) is 0.169. The molecule has 0 saturated heterocycles. The van der Waals surface area contributed by atoms with E-state index in [1.807, 2.05) is 18.4 Å². The summed E-state index contributed by atoms with van der Waals surface area (Å²) < 4.78 is 1.86. The Balaban J connectivity index is 2.99. The number of fused-ring (bicyclic) bond motifs is 1. The van der Waals surface area contributed by atoms with Crippen LogP contribution < -0.4 is 5.56 Å². The maximum absolute atomic E-state index is 12.3. The van der Waals surface area contributed by atoms with E-state index in [2.05, 4.69) is 23.8 Å². The Morgan fingerprint density at radius 1 is 1.28 bits per heavy atom. The summed E-state index contributed by atoms with van der Waals surface area (Å²) in [5.41, 5.74) is 4.25. The molecule has 0 radical (unpaired) electrons. The Bertz CT molecular complexity index is 658. The Morgan fingerprint density at radius 2 is 1.94 bits per heavy atom. The van der Waals surface area contributed by atoms with Crippen LogP contribution in [-0.4, -0.2) is 14.5 Å². The van der Waals surface area contributed by atoms with Gasteiger partial charge in [-0.05, 0) is 39.7 Å². The molecule has 2 heterocycles. The van der Waals surface area contributed by atoms with Gasteiger partial charge in [0.15, 0.2) is 0 Å². The molecule has 2 rings (SSSR count). The summed E-state index contributed by atoms with van der Waals surface area (Å²) in [6.07, 6.45) is 2.67. The number of aryl methyl sites for hydroxylation is 3.